The molecule has 1 aliphatic heterocycles. The highest BCUT2D eigenvalue weighted by Crippen LogP contribution is 2.30. The van der Waals surface area contributed by atoms with Gasteiger partial charge in [0.15, 0.2) is 0 Å². The molecule has 6 heterocycles. The largest absolute Gasteiger partial charge is 0.329 e. The van der Waals surface area contributed by atoms with Gasteiger partial charge in [-0.2, -0.15) is 5.10 Å². The summed E-state index contributed by atoms with van der Waals surface area (Å²) in [6.07, 6.45) is 9.71. The van der Waals surface area contributed by atoms with Gasteiger partial charge in [0.2, 0.25) is 10.0 Å². The molecule has 190 valence electrons. The van der Waals surface area contributed by atoms with Gasteiger partial charge in [0, 0.05) is 50.7 Å². The van der Waals surface area contributed by atoms with E-state index >= 15 is 0 Å². The molecule has 5 aromatic heterocycles. The van der Waals surface area contributed by atoms with Crippen LogP contribution < -0.4 is 5.69 Å². The zero-order valence-electron chi connectivity index (χ0n) is 20.7. The van der Waals surface area contributed by atoms with Crippen LogP contribution in [0.3, 0.4) is 0 Å². The standard InChI is InChI=1S/C25H26N8O3S/c1-30-14-17(12-28-30)19-7-6-16(11-26-19)20-8-9-21-23(29-20)24-22(13-27-21)31(2)25(34)33(24)18-5-4-10-32(15-18)37(3,35)36/h6-9,11-14,18H,4-5,10,15H2,1-3H3/t18-/m1/s1. The summed E-state index contributed by atoms with van der Waals surface area (Å²) >= 11 is 0. The highest BCUT2D eigenvalue weighted by molar-refractivity contribution is 7.88. The van der Waals surface area contributed by atoms with Gasteiger partial charge in [-0.15, -0.1) is 0 Å². The van der Waals surface area contributed by atoms with E-state index in [1.807, 2.05) is 37.5 Å². The maximum absolute atomic E-state index is 13.4. The molecule has 37 heavy (non-hydrogen) atoms. The summed E-state index contributed by atoms with van der Waals surface area (Å²) in [5, 5.41) is 4.20. The highest BCUT2D eigenvalue weighted by atomic mass is 32.2. The van der Waals surface area contributed by atoms with Crippen molar-refractivity contribution >= 4 is 32.1 Å². The van der Waals surface area contributed by atoms with Gasteiger partial charge in [-0.05, 0) is 37.1 Å². The second-order valence-corrected chi connectivity index (χ2v) is 11.5. The molecule has 11 nitrogen and oxygen atoms in total. The number of piperidine rings is 1. The number of aryl methyl sites for hydroxylation is 2. The smallest absolute Gasteiger partial charge is 0.293 e. The van der Waals surface area contributed by atoms with Gasteiger partial charge in [0.1, 0.15) is 5.52 Å². The van der Waals surface area contributed by atoms with Crippen LogP contribution in [0, 0.1) is 0 Å². The predicted octanol–water partition coefficient (Wildman–Crippen LogP) is 2.34. The highest BCUT2D eigenvalue weighted by Gasteiger charge is 2.30. The molecule has 0 saturated carbocycles. The Hall–Kier alpha value is -3.90. The maximum atomic E-state index is 13.4. The minimum absolute atomic E-state index is 0.209. The molecular weight excluding hydrogens is 492 g/mol. The van der Waals surface area contributed by atoms with Crippen molar-refractivity contribution in [1.82, 2.24) is 38.2 Å². The predicted molar refractivity (Wildman–Crippen MR) is 140 cm³/mol. The average Bonchev–Trinajstić information content (AvgIpc) is 3.44. The van der Waals surface area contributed by atoms with Gasteiger partial charge < -0.3 is 0 Å². The van der Waals surface area contributed by atoms with E-state index in [1.54, 1.807) is 39.5 Å². The summed E-state index contributed by atoms with van der Waals surface area (Å²) < 4.78 is 30.9. The average molecular weight is 519 g/mol. The zero-order valence-corrected chi connectivity index (χ0v) is 21.6. The number of nitrogens with zero attached hydrogens (tertiary/aromatic N) is 8. The lowest BCUT2D eigenvalue weighted by atomic mass is 10.1. The molecule has 0 amide bonds. The Morgan fingerprint density at radius 1 is 0.973 bits per heavy atom. The lowest BCUT2D eigenvalue weighted by molar-refractivity contribution is 0.267. The van der Waals surface area contributed by atoms with Crippen molar-refractivity contribution in [3.8, 4) is 22.5 Å². The molecule has 0 spiro atoms. The summed E-state index contributed by atoms with van der Waals surface area (Å²) in [5.74, 6) is 0. The Labute approximate surface area is 213 Å². The van der Waals surface area contributed by atoms with Gasteiger partial charge in [0.25, 0.3) is 0 Å². The van der Waals surface area contributed by atoms with Crippen LogP contribution in [0.15, 0.2) is 53.8 Å². The number of rotatable bonds is 4. The van der Waals surface area contributed by atoms with Crippen LogP contribution in [0.4, 0.5) is 0 Å². The van der Waals surface area contributed by atoms with Crippen molar-refractivity contribution in [3.05, 3.63) is 59.5 Å². The summed E-state index contributed by atoms with van der Waals surface area (Å²) in [6, 6.07) is 7.37. The van der Waals surface area contributed by atoms with Gasteiger partial charge in [-0.1, -0.05) is 0 Å². The minimum atomic E-state index is -3.36. The molecule has 6 rings (SSSR count). The summed E-state index contributed by atoms with van der Waals surface area (Å²) in [4.78, 5) is 27.5. The van der Waals surface area contributed by atoms with Gasteiger partial charge in [-0.25, -0.2) is 22.5 Å². The zero-order chi connectivity index (χ0) is 25.9. The van der Waals surface area contributed by atoms with Crippen LogP contribution in [0.5, 0.6) is 0 Å². The van der Waals surface area contributed by atoms with Gasteiger partial charge in [0.05, 0.1) is 52.6 Å². The summed E-state index contributed by atoms with van der Waals surface area (Å²) in [5.41, 5.74) is 5.64. The molecule has 0 radical (unpaired) electrons. The third-order valence-electron chi connectivity index (χ3n) is 7.02. The first-order valence-electron chi connectivity index (χ1n) is 12.0. The quantitative estimate of drug-likeness (QED) is 0.358. The fraction of sp³-hybridized carbons (Fsp3) is 0.320. The Kier molecular flexibility index (Phi) is 5.46. The van der Waals surface area contributed by atoms with E-state index in [1.165, 1.54) is 10.6 Å². The maximum Gasteiger partial charge on any atom is 0.329 e. The molecule has 0 N–H and O–H groups in total. The first-order valence-corrected chi connectivity index (χ1v) is 13.8. The number of hydrogen-bond acceptors (Lipinski definition) is 7. The fourth-order valence-electron chi connectivity index (χ4n) is 5.09. The van der Waals surface area contributed by atoms with Gasteiger partial charge in [-0.3, -0.25) is 23.8 Å². The van der Waals surface area contributed by atoms with Crippen molar-refractivity contribution in [2.45, 2.75) is 18.9 Å². The van der Waals surface area contributed by atoms with Crippen molar-refractivity contribution < 1.29 is 8.42 Å². The molecule has 12 heteroatoms. The first-order chi connectivity index (χ1) is 17.7. The Balaban J connectivity index is 1.48. The number of pyridine rings is 3. The monoisotopic (exact) mass is 518 g/mol. The topological polar surface area (TPSA) is 121 Å². The van der Waals surface area contributed by atoms with E-state index in [-0.39, 0.29) is 18.3 Å². The number of sulfonamides is 1. The lowest BCUT2D eigenvalue weighted by Gasteiger charge is -2.31. The van der Waals surface area contributed by atoms with E-state index in [0.29, 0.717) is 47.1 Å². The lowest BCUT2D eigenvalue weighted by Crippen LogP contribution is -2.42. The van der Waals surface area contributed by atoms with Crippen molar-refractivity contribution in [1.29, 1.82) is 0 Å². The van der Waals surface area contributed by atoms with Crippen LogP contribution in [-0.2, 0) is 24.1 Å². The second-order valence-electron chi connectivity index (χ2n) is 9.52. The number of fused-ring (bicyclic) bond motifs is 3. The molecule has 1 saturated heterocycles. The summed E-state index contributed by atoms with van der Waals surface area (Å²) in [6.45, 7) is 0.711. The molecule has 5 aromatic rings. The van der Waals surface area contributed by atoms with Crippen LogP contribution in [0.1, 0.15) is 18.9 Å². The molecule has 1 atom stereocenters. The third-order valence-corrected chi connectivity index (χ3v) is 8.29. The van der Waals surface area contributed by atoms with Crippen molar-refractivity contribution in [2.24, 2.45) is 14.1 Å². The number of imidazole rings is 1. The number of aromatic nitrogens is 7. The van der Waals surface area contributed by atoms with Gasteiger partial charge >= 0.3 is 5.69 Å². The SMILES string of the molecule is Cn1cc(-c2ccc(-c3ccc4ncc5c(c4n3)n([C@@H]3CCCN(S(C)(=O)=O)C3)c(=O)n5C)cn2)cn1. The normalized spacial score (nSPS) is 17.1. The fourth-order valence-corrected chi connectivity index (χ4v) is 5.99. The molecular formula is C25H26N8O3S. The van der Waals surface area contributed by atoms with Crippen LogP contribution in [0.2, 0.25) is 0 Å². The molecule has 0 bridgehead atoms. The number of hydrogen-bond donors (Lipinski definition) is 0. The minimum Gasteiger partial charge on any atom is -0.293 e. The van der Waals surface area contributed by atoms with E-state index < -0.39 is 10.0 Å². The van der Waals surface area contributed by atoms with Crippen molar-refractivity contribution in [3.63, 3.8) is 0 Å². The van der Waals surface area contributed by atoms with Crippen molar-refractivity contribution in [2.75, 3.05) is 19.3 Å². The molecule has 1 fully saturated rings. The third kappa shape index (κ3) is 4.02. The Morgan fingerprint density at radius 2 is 1.78 bits per heavy atom. The molecule has 0 aromatic carbocycles. The van der Waals surface area contributed by atoms with Crippen LogP contribution >= 0.6 is 0 Å². The Morgan fingerprint density at radius 3 is 2.49 bits per heavy atom. The molecule has 1 aliphatic rings. The van der Waals surface area contributed by atoms with E-state index in [0.717, 1.165) is 16.8 Å². The molecule has 0 unspecified atom stereocenters. The summed E-state index contributed by atoms with van der Waals surface area (Å²) in [7, 11) is 0.204. The van der Waals surface area contributed by atoms with Crippen LogP contribution in [-0.4, -0.2) is 65.9 Å². The van der Waals surface area contributed by atoms with Crippen LogP contribution in [0.25, 0.3) is 44.6 Å². The Bertz CT molecular complexity index is 1820. The van der Waals surface area contributed by atoms with E-state index in [2.05, 4.69) is 15.1 Å². The van der Waals surface area contributed by atoms with E-state index in [9.17, 15) is 13.2 Å². The van der Waals surface area contributed by atoms with E-state index in [4.69, 9.17) is 4.98 Å². The first kappa shape index (κ1) is 23.5. The second kappa shape index (κ2) is 8.60. The molecule has 0 aliphatic carbocycles.